The number of rotatable bonds is 6. The zero-order valence-electron chi connectivity index (χ0n) is 17.0. The van der Waals surface area contributed by atoms with Crippen molar-refractivity contribution in [2.75, 3.05) is 56.6 Å². The van der Waals surface area contributed by atoms with Crippen molar-refractivity contribution in [3.8, 4) is 5.75 Å². The number of nitrogens with zero attached hydrogens (tertiary/aromatic N) is 2. The number of methoxy groups -OCH3 is 1. The lowest BCUT2D eigenvalue weighted by Crippen LogP contribution is -2.49. The normalized spacial score (nSPS) is 14.6. The fourth-order valence-corrected chi connectivity index (χ4v) is 3.53. The number of amides is 2. The van der Waals surface area contributed by atoms with Crippen molar-refractivity contribution in [2.45, 2.75) is 13.8 Å². The number of nitrogens with one attached hydrogen (secondary N) is 2. The van der Waals surface area contributed by atoms with Crippen molar-refractivity contribution in [2.24, 2.45) is 0 Å². The van der Waals surface area contributed by atoms with E-state index in [-0.39, 0.29) is 6.03 Å². The predicted octanol–water partition coefficient (Wildman–Crippen LogP) is 3.26. The first-order valence-electron chi connectivity index (χ1n) is 9.80. The molecule has 0 atom stereocenters. The fraction of sp³-hybridized carbons (Fsp3) is 0.409. The SMILES string of the molecule is COc1ccccc1NC(=O)NCCN1CCN(c2cccc(C)c2C)CC1. The molecule has 6 heteroatoms. The van der Waals surface area contributed by atoms with Crippen molar-refractivity contribution in [1.29, 1.82) is 0 Å². The summed E-state index contributed by atoms with van der Waals surface area (Å²) in [4.78, 5) is 17.0. The Balaban J connectivity index is 1.41. The molecule has 2 aromatic carbocycles. The van der Waals surface area contributed by atoms with Crippen LogP contribution in [0, 0.1) is 13.8 Å². The van der Waals surface area contributed by atoms with Crippen molar-refractivity contribution in [3.05, 3.63) is 53.6 Å². The molecule has 0 aromatic heterocycles. The number of piperazine rings is 1. The van der Waals surface area contributed by atoms with E-state index in [1.807, 2.05) is 24.3 Å². The Kier molecular flexibility index (Phi) is 6.76. The number of urea groups is 1. The van der Waals surface area contributed by atoms with Gasteiger partial charge in [0.05, 0.1) is 12.8 Å². The molecule has 0 saturated carbocycles. The average Bonchev–Trinajstić information content (AvgIpc) is 2.71. The van der Waals surface area contributed by atoms with Gasteiger partial charge in [0.15, 0.2) is 0 Å². The molecular formula is C22H30N4O2. The van der Waals surface area contributed by atoms with Crippen molar-refractivity contribution in [1.82, 2.24) is 10.2 Å². The topological polar surface area (TPSA) is 56.8 Å². The monoisotopic (exact) mass is 382 g/mol. The minimum absolute atomic E-state index is 0.210. The highest BCUT2D eigenvalue weighted by atomic mass is 16.5. The summed E-state index contributed by atoms with van der Waals surface area (Å²) in [7, 11) is 1.59. The molecule has 0 bridgehead atoms. The number of hydrogen-bond donors (Lipinski definition) is 2. The zero-order chi connectivity index (χ0) is 19.9. The second-order valence-corrected chi connectivity index (χ2v) is 7.13. The van der Waals surface area contributed by atoms with Gasteiger partial charge >= 0.3 is 6.03 Å². The maximum atomic E-state index is 12.1. The molecule has 0 spiro atoms. The zero-order valence-corrected chi connectivity index (χ0v) is 17.0. The Bertz CT molecular complexity index is 801. The van der Waals surface area contributed by atoms with E-state index in [1.54, 1.807) is 7.11 Å². The average molecular weight is 383 g/mol. The summed E-state index contributed by atoms with van der Waals surface area (Å²) >= 11 is 0. The highest BCUT2D eigenvalue weighted by molar-refractivity contribution is 5.90. The molecule has 2 amide bonds. The standard InChI is InChI=1S/C22H30N4O2/c1-17-7-6-9-20(18(17)2)26-15-13-25(14-16-26)12-11-23-22(27)24-19-8-4-5-10-21(19)28-3/h4-10H,11-16H2,1-3H3,(H2,23,24,27). The fourth-order valence-electron chi connectivity index (χ4n) is 3.53. The van der Waals surface area contributed by atoms with Crippen LogP contribution < -0.4 is 20.3 Å². The van der Waals surface area contributed by atoms with E-state index < -0.39 is 0 Å². The molecule has 1 saturated heterocycles. The number of carbonyl (C=O) groups is 1. The van der Waals surface area contributed by atoms with E-state index in [9.17, 15) is 4.79 Å². The van der Waals surface area contributed by atoms with Gasteiger partial charge in [-0.2, -0.15) is 0 Å². The Labute approximate surface area is 167 Å². The predicted molar refractivity (Wildman–Crippen MR) is 115 cm³/mol. The third-order valence-electron chi connectivity index (χ3n) is 5.36. The number of aryl methyl sites for hydroxylation is 1. The number of carbonyl (C=O) groups excluding carboxylic acids is 1. The van der Waals surface area contributed by atoms with E-state index in [2.05, 4.69) is 52.5 Å². The lowest BCUT2D eigenvalue weighted by Gasteiger charge is -2.37. The van der Waals surface area contributed by atoms with Crippen LogP contribution in [0.3, 0.4) is 0 Å². The Morgan fingerprint density at radius 1 is 1.04 bits per heavy atom. The van der Waals surface area contributed by atoms with Gasteiger partial charge in [-0.05, 0) is 43.2 Å². The van der Waals surface area contributed by atoms with E-state index in [0.717, 1.165) is 32.7 Å². The van der Waals surface area contributed by atoms with Crippen LogP contribution in [-0.4, -0.2) is 57.3 Å². The van der Waals surface area contributed by atoms with Gasteiger partial charge in [0.2, 0.25) is 0 Å². The van der Waals surface area contributed by atoms with Gasteiger partial charge in [0, 0.05) is 45.0 Å². The minimum Gasteiger partial charge on any atom is -0.495 e. The van der Waals surface area contributed by atoms with Gasteiger partial charge in [-0.15, -0.1) is 0 Å². The molecule has 3 rings (SSSR count). The van der Waals surface area contributed by atoms with Gasteiger partial charge in [0.1, 0.15) is 5.75 Å². The van der Waals surface area contributed by atoms with Crippen molar-refractivity contribution < 1.29 is 9.53 Å². The number of hydrogen-bond acceptors (Lipinski definition) is 4. The largest absolute Gasteiger partial charge is 0.495 e. The maximum Gasteiger partial charge on any atom is 0.319 e. The van der Waals surface area contributed by atoms with Gasteiger partial charge in [-0.1, -0.05) is 24.3 Å². The first-order valence-corrected chi connectivity index (χ1v) is 9.80. The van der Waals surface area contributed by atoms with E-state index in [1.165, 1.54) is 16.8 Å². The van der Waals surface area contributed by atoms with Crippen LogP contribution in [0.4, 0.5) is 16.2 Å². The first-order chi connectivity index (χ1) is 13.6. The molecule has 1 aliphatic rings. The first kappa shape index (κ1) is 20.0. The minimum atomic E-state index is -0.210. The van der Waals surface area contributed by atoms with Crippen molar-refractivity contribution in [3.63, 3.8) is 0 Å². The molecule has 2 N–H and O–H groups in total. The number of ether oxygens (including phenoxy) is 1. The quantitative estimate of drug-likeness (QED) is 0.805. The molecule has 0 aliphatic carbocycles. The smallest absolute Gasteiger partial charge is 0.319 e. The van der Waals surface area contributed by atoms with E-state index in [4.69, 9.17) is 4.74 Å². The maximum absolute atomic E-state index is 12.1. The Morgan fingerprint density at radius 2 is 1.79 bits per heavy atom. The summed E-state index contributed by atoms with van der Waals surface area (Å²) in [5.41, 5.74) is 4.72. The third-order valence-corrected chi connectivity index (χ3v) is 5.36. The highest BCUT2D eigenvalue weighted by Gasteiger charge is 2.18. The molecular weight excluding hydrogens is 352 g/mol. The lowest BCUT2D eigenvalue weighted by atomic mass is 10.1. The Hall–Kier alpha value is -2.73. The van der Waals surface area contributed by atoms with Crippen molar-refractivity contribution >= 4 is 17.4 Å². The second-order valence-electron chi connectivity index (χ2n) is 7.13. The molecule has 28 heavy (non-hydrogen) atoms. The van der Waals surface area contributed by atoms with Crippen LogP contribution in [0.5, 0.6) is 5.75 Å². The molecule has 1 aliphatic heterocycles. The summed E-state index contributed by atoms with van der Waals surface area (Å²) in [5.74, 6) is 0.653. The second kappa shape index (κ2) is 9.46. The van der Waals surface area contributed by atoms with Gasteiger partial charge in [-0.3, -0.25) is 4.90 Å². The van der Waals surface area contributed by atoms with E-state index in [0.29, 0.717) is 18.0 Å². The van der Waals surface area contributed by atoms with Crippen LogP contribution in [0.15, 0.2) is 42.5 Å². The van der Waals surface area contributed by atoms with Crippen LogP contribution in [0.1, 0.15) is 11.1 Å². The molecule has 6 nitrogen and oxygen atoms in total. The van der Waals surface area contributed by atoms with Crippen LogP contribution in [0.2, 0.25) is 0 Å². The summed E-state index contributed by atoms with van der Waals surface area (Å²) in [5, 5.41) is 5.77. The molecule has 150 valence electrons. The third kappa shape index (κ3) is 4.95. The summed E-state index contributed by atoms with van der Waals surface area (Å²) in [6.07, 6.45) is 0. The summed E-state index contributed by atoms with van der Waals surface area (Å²) in [6, 6.07) is 13.7. The molecule has 1 heterocycles. The molecule has 2 aromatic rings. The number of para-hydroxylation sites is 2. The summed E-state index contributed by atoms with van der Waals surface area (Å²) < 4.78 is 5.25. The number of anilines is 2. The molecule has 0 unspecified atom stereocenters. The van der Waals surface area contributed by atoms with Crippen LogP contribution >= 0.6 is 0 Å². The summed E-state index contributed by atoms with van der Waals surface area (Å²) in [6.45, 7) is 9.85. The molecule has 0 radical (unpaired) electrons. The Morgan fingerprint density at radius 3 is 2.54 bits per heavy atom. The van der Waals surface area contributed by atoms with Crippen LogP contribution in [0.25, 0.3) is 0 Å². The lowest BCUT2D eigenvalue weighted by molar-refractivity contribution is 0.240. The van der Waals surface area contributed by atoms with Gasteiger partial charge < -0.3 is 20.3 Å². The number of benzene rings is 2. The molecule has 1 fully saturated rings. The van der Waals surface area contributed by atoms with Gasteiger partial charge in [-0.25, -0.2) is 4.79 Å². The highest BCUT2D eigenvalue weighted by Crippen LogP contribution is 2.24. The van der Waals surface area contributed by atoms with Gasteiger partial charge in [0.25, 0.3) is 0 Å². The van der Waals surface area contributed by atoms with E-state index >= 15 is 0 Å². The van der Waals surface area contributed by atoms with Crippen LogP contribution in [-0.2, 0) is 0 Å².